The lowest BCUT2D eigenvalue weighted by molar-refractivity contribution is -0.127. The van der Waals surface area contributed by atoms with Crippen LogP contribution < -0.4 is 11.1 Å². The van der Waals surface area contributed by atoms with Gasteiger partial charge < -0.3 is 11.1 Å². The van der Waals surface area contributed by atoms with Crippen molar-refractivity contribution in [2.24, 2.45) is 0 Å². The molecule has 1 aromatic rings. The van der Waals surface area contributed by atoms with E-state index in [0.717, 1.165) is 25.8 Å². The van der Waals surface area contributed by atoms with Crippen molar-refractivity contribution in [3.05, 3.63) is 29.6 Å². The largest absolute Gasteiger partial charge is 0.396 e. The average molecular weight is 265 g/mol. The summed E-state index contributed by atoms with van der Waals surface area (Å²) in [4.78, 5) is 13.9. The van der Waals surface area contributed by atoms with Gasteiger partial charge in [0.1, 0.15) is 0 Å². The van der Waals surface area contributed by atoms with E-state index < -0.39 is 0 Å². The number of hydrogen-bond donors (Lipinski definition) is 2. The molecule has 1 unspecified atom stereocenters. The second-order valence-electron chi connectivity index (χ2n) is 4.92. The summed E-state index contributed by atoms with van der Waals surface area (Å²) in [5.41, 5.74) is 6.28. The van der Waals surface area contributed by atoms with E-state index >= 15 is 0 Å². The minimum atomic E-state index is -0.372. The molecule has 4 nitrogen and oxygen atoms in total. The van der Waals surface area contributed by atoms with Crippen molar-refractivity contribution < 1.29 is 9.18 Å². The number of likely N-dealkylation sites (N-methyl/N-ethyl adjacent to an activating group) is 1. The van der Waals surface area contributed by atoms with Crippen molar-refractivity contribution in [2.45, 2.75) is 31.8 Å². The second kappa shape index (κ2) is 6.02. The molecule has 0 radical (unpaired) electrons. The van der Waals surface area contributed by atoms with Crippen molar-refractivity contribution in [1.82, 2.24) is 10.2 Å². The fraction of sp³-hybridized carbons (Fsp3) is 0.500. The van der Waals surface area contributed by atoms with Gasteiger partial charge in [0.15, 0.2) is 5.82 Å². The molecule has 3 N–H and O–H groups in total. The SMILES string of the molecule is CNC(=O)C1CCCCN1Cc1cccc(N)c1F. The van der Waals surface area contributed by atoms with Crippen LogP contribution in [0.15, 0.2) is 18.2 Å². The molecular weight excluding hydrogens is 245 g/mol. The van der Waals surface area contributed by atoms with Crippen LogP contribution >= 0.6 is 0 Å². The van der Waals surface area contributed by atoms with E-state index in [1.54, 1.807) is 25.2 Å². The molecule has 1 fully saturated rings. The van der Waals surface area contributed by atoms with Gasteiger partial charge in [0.05, 0.1) is 11.7 Å². The monoisotopic (exact) mass is 265 g/mol. The summed E-state index contributed by atoms with van der Waals surface area (Å²) in [5, 5.41) is 2.68. The van der Waals surface area contributed by atoms with Gasteiger partial charge in [-0.1, -0.05) is 18.6 Å². The Morgan fingerprint density at radius 2 is 2.32 bits per heavy atom. The number of piperidine rings is 1. The van der Waals surface area contributed by atoms with Gasteiger partial charge in [-0.15, -0.1) is 0 Å². The van der Waals surface area contributed by atoms with Crippen LogP contribution in [0.2, 0.25) is 0 Å². The topological polar surface area (TPSA) is 58.4 Å². The smallest absolute Gasteiger partial charge is 0.237 e. The molecule has 0 aromatic heterocycles. The third-order valence-corrected chi connectivity index (χ3v) is 3.64. The van der Waals surface area contributed by atoms with Gasteiger partial charge in [0, 0.05) is 19.2 Å². The maximum Gasteiger partial charge on any atom is 0.237 e. The van der Waals surface area contributed by atoms with E-state index in [2.05, 4.69) is 5.32 Å². The molecular formula is C14H20FN3O. The number of anilines is 1. The molecule has 1 saturated heterocycles. The molecule has 2 rings (SSSR count). The quantitative estimate of drug-likeness (QED) is 0.814. The number of hydrogen-bond acceptors (Lipinski definition) is 3. The standard InChI is InChI=1S/C14H20FN3O/c1-17-14(19)12-7-2-3-8-18(12)9-10-5-4-6-11(16)13(10)15/h4-6,12H,2-3,7-9,16H2,1H3,(H,17,19). The summed E-state index contributed by atoms with van der Waals surface area (Å²) in [5.74, 6) is -0.368. The van der Waals surface area contributed by atoms with Gasteiger partial charge in [0.2, 0.25) is 5.91 Å². The molecule has 19 heavy (non-hydrogen) atoms. The zero-order chi connectivity index (χ0) is 13.8. The predicted molar refractivity (Wildman–Crippen MR) is 72.9 cm³/mol. The Kier molecular flexibility index (Phi) is 4.37. The number of nitrogens with two attached hydrogens (primary N) is 1. The number of halogens is 1. The lowest BCUT2D eigenvalue weighted by Crippen LogP contribution is -2.48. The van der Waals surface area contributed by atoms with E-state index in [-0.39, 0.29) is 23.5 Å². The van der Waals surface area contributed by atoms with E-state index in [9.17, 15) is 9.18 Å². The van der Waals surface area contributed by atoms with Gasteiger partial charge in [-0.25, -0.2) is 4.39 Å². The van der Waals surface area contributed by atoms with Crippen LogP contribution in [0, 0.1) is 5.82 Å². The lowest BCUT2D eigenvalue weighted by atomic mass is 10.00. The number of nitrogens with one attached hydrogen (secondary N) is 1. The van der Waals surface area contributed by atoms with Crippen LogP contribution in [-0.2, 0) is 11.3 Å². The minimum Gasteiger partial charge on any atom is -0.396 e. The Bertz CT molecular complexity index is 464. The molecule has 1 atom stereocenters. The number of amides is 1. The lowest BCUT2D eigenvalue weighted by Gasteiger charge is -2.34. The third-order valence-electron chi connectivity index (χ3n) is 3.64. The van der Waals surface area contributed by atoms with E-state index in [4.69, 9.17) is 5.73 Å². The summed E-state index contributed by atoms with van der Waals surface area (Å²) < 4.78 is 13.9. The number of carbonyl (C=O) groups is 1. The number of carbonyl (C=O) groups excluding carboxylic acids is 1. The van der Waals surface area contributed by atoms with Crippen molar-refractivity contribution in [3.8, 4) is 0 Å². The Morgan fingerprint density at radius 3 is 3.05 bits per heavy atom. The van der Waals surface area contributed by atoms with Gasteiger partial charge >= 0.3 is 0 Å². The summed E-state index contributed by atoms with van der Waals surface area (Å²) in [6, 6.07) is 4.85. The van der Waals surface area contributed by atoms with Crippen LogP contribution in [-0.4, -0.2) is 30.4 Å². The molecule has 0 bridgehead atoms. The first-order chi connectivity index (χ1) is 9.13. The average Bonchev–Trinajstić information content (AvgIpc) is 2.43. The molecule has 0 spiro atoms. The van der Waals surface area contributed by atoms with E-state index in [1.807, 2.05) is 4.90 Å². The Balaban J connectivity index is 2.15. The Labute approximate surface area is 112 Å². The minimum absolute atomic E-state index is 0.00371. The van der Waals surface area contributed by atoms with Crippen molar-refractivity contribution in [2.75, 3.05) is 19.3 Å². The molecule has 0 aliphatic carbocycles. The van der Waals surface area contributed by atoms with E-state index in [1.165, 1.54) is 0 Å². The van der Waals surface area contributed by atoms with Gasteiger partial charge in [0.25, 0.3) is 0 Å². The van der Waals surface area contributed by atoms with Crippen LogP contribution in [0.25, 0.3) is 0 Å². The normalized spacial score (nSPS) is 20.2. The highest BCUT2D eigenvalue weighted by atomic mass is 19.1. The molecule has 1 aromatic carbocycles. The fourth-order valence-corrected chi connectivity index (χ4v) is 2.58. The first kappa shape index (κ1) is 13.8. The van der Waals surface area contributed by atoms with Gasteiger partial charge in [-0.05, 0) is 25.5 Å². The van der Waals surface area contributed by atoms with Crippen LogP contribution in [0.1, 0.15) is 24.8 Å². The highest BCUT2D eigenvalue weighted by molar-refractivity contribution is 5.81. The maximum atomic E-state index is 13.9. The molecule has 1 aliphatic rings. The zero-order valence-corrected chi connectivity index (χ0v) is 11.2. The number of likely N-dealkylation sites (tertiary alicyclic amines) is 1. The summed E-state index contributed by atoms with van der Waals surface area (Å²) in [6.07, 6.45) is 2.90. The first-order valence-corrected chi connectivity index (χ1v) is 6.62. The fourth-order valence-electron chi connectivity index (χ4n) is 2.58. The summed E-state index contributed by atoms with van der Waals surface area (Å²) in [6.45, 7) is 1.24. The second-order valence-corrected chi connectivity index (χ2v) is 4.92. The zero-order valence-electron chi connectivity index (χ0n) is 11.2. The molecule has 5 heteroatoms. The number of nitrogen functional groups attached to an aromatic ring is 1. The van der Waals surface area contributed by atoms with Crippen molar-refractivity contribution in [1.29, 1.82) is 0 Å². The molecule has 0 saturated carbocycles. The molecule has 1 aliphatic heterocycles. The molecule has 1 amide bonds. The summed E-state index contributed by atoms with van der Waals surface area (Å²) >= 11 is 0. The molecule has 104 valence electrons. The van der Waals surface area contributed by atoms with Gasteiger partial charge in [-0.3, -0.25) is 9.69 Å². The Morgan fingerprint density at radius 1 is 1.53 bits per heavy atom. The third kappa shape index (κ3) is 3.04. The Hall–Kier alpha value is -1.62. The first-order valence-electron chi connectivity index (χ1n) is 6.62. The summed E-state index contributed by atoms with van der Waals surface area (Å²) in [7, 11) is 1.64. The highest BCUT2D eigenvalue weighted by Gasteiger charge is 2.28. The number of benzene rings is 1. The predicted octanol–water partition coefficient (Wildman–Crippen LogP) is 1.51. The van der Waals surface area contributed by atoms with E-state index in [0.29, 0.717) is 12.1 Å². The molecule has 1 heterocycles. The number of rotatable bonds is 3. The van der Waals surface area contributed by atoms with Crippen LogP contribution in [0.4, 0.5) is 10.1 Å². The van der Waals surface area contributed by atoms with Crippen LogP contribution in [0.5, 0.6) is 0 Å². The highest BCUT2D eigenvalue weighted by Crippen LogP contribution is 2.22. The van der Waals surface area contributed by atoms with Crippen molar-refractivity contribution >= 4 is 11.6 Å². The maximum absolute atomic E-state index is 13.9. The number of nitrogens with zero attached hydrogens (tertiary/aromatic N) is 1. The van der Waals surface area contributed by atoms with Crippen LogP contribution in [0.3, 0.4) is 0 Å². The van der Waals surface area contributed by atoms with Gasteiger partial charge in [-0.2, -0.15) is 0 Å². The van der Waals surface area contributed by atoms with Crippen molar-refractivity contribution in [3.63, 3.8) is 0 Å².